The van der Waals surface area contributed by atoms with Gasteiger partial charge in [0.15, 0.2) is 0 Å². The number of aryl methyl sites for hydroxylation is 1. The highest BCUT2D eigenvalue weighted by Crippen LogP contribution is 2.34. The summed E-state index contributed by atoms with van der Waals surface area (Å²) in [6, 6.07) is 20.1. The molecule has 4 rings (SSSR count). The van der Waals surface area contributed by atoms with Gasteiger partial charge >= 0.3 is 0 Å². The number of aromatic amines is 1. The monoisotopic (exact) mass is 384 g/mol. The van der Waals surface area contributed by atoms with Gasteiger partial charge in [0.1, 0.15) is 5.75 Å². The predicted octanol–water partition coefficient (Wildman–Crippen LogP) is 4.39. The van der Waals surface area contributed by atoms with E-state index >= 15 is 0 Å². The lowest BCUT2D eigenvalue weighted by atomic mass is 9.98. The van der Waals surface area contributed by atoms with E-state index in [9.17, 15) is 14.7 Å². The van der Waals surface area contributed by atoms with E-state index in [-0.39, 0.29) is 23.6 Å². The molecule has 0 bridgehead atoms. The Kier molecular flexibility index (Phi) is 4.87. The van der Waals surface area contributed by atoms with E-state index in [0.29, 0.717) is 22.0 Å². The molecule has 3 aromatic carbocycles. The first-order valence-electron chi connectivity index (χ1n) is 9.31. The van der Waals surface area contributed by atoms with Crippen molar-refractivity contribution in [3.8, 4) is 16.9 Å². The highest BCUT2D eigenvalue weighted by Gasteiger charge is 2.13. The van der Waals surface area contributed by atoms with Crippen molar-refractivity contribution in [1.82, 2.24) is 4.98 Å². The molecule has 1 amide bonds. The first kappa shape index (κ1) is 18.5. The van der Waals surface area contributed by atoms with Crippen LogP contribution in [-0.2, 0) is 11.2 Å². The second-order valence-corrected chi connectivity index (χ2v) is 6.97. The van der Waals surface area contributed by atoms with Crippen LogP contribution < -0.4 is 10.9 Å². The van der Waals surface area contributed by atoms with Crippen LogP contribution in [0.4, 0.5) is 5.69 Å². The summed E-state index contributed by atoms with van der Waals surface area (Å²) in [6.45, 7) is 1.92. The molecule has 29 heavy (non-hydrogen) atoms. The summed E-state index contributed by atoms with van der Waals surface area (Å²) in [5.41, 5.74) is 3.77. The minimum atomic E-state index is -0.261. The summed E-state index contributed by atoms with van der Waals surface area (Å²) in [6.07, 6.45) is 1.87. The fraction of sp³-hybridized carbons (Fsp3) is 0.0833. The van der Waals surface area contributed by atoms with Gasteiger partial charge < -0.3 is 15.4 Å². The molecule has 0 aliphatic rings. The number of pyridine rings is 1. The van der Waals surface area contributed by atoms with Crippen LogP contribution in [0.5, 0.6) is 5.75 Å². The lowest BCUT2D eigenvalue weighted by molar-refractivity contribution is -0.115. The summed E-state index contributed by atoms with van der Waals surface area (Å²) >= 11 is 0. The van der Waals surface area contributed by atoms with Gasteiger partial charge in [-0.2, -0.15) is 0 Å². The van der Waals surface area contributed by atoms with Crippen LogP contribution in [0.25, 0.3) is 21.9 Å². The average molecular weight is 384 g/mol. The van der Waals surface area contributed by atoms with E-state index in [1.54, 1.807) is 24.4 Å². The molecule has 0 aliphatic carbocycles. The molecule has 1 aromatic heterocycles. The molecule has 0 radical (unpaired) electrons. The van der Waals surface area contributed by atoms with Gasteiger partial charge in [0.2, 0.25) is 5.91 Å². The number of H-pyrrole nitrogens is 1. The standard InChI is InChI=1S/C24H20N2O3/c1-15-10-11-17(13-20(15)26-22(28)12-16-6-3-2-4-7-16)19-14-25-24(29)18-8-5-9-21(27)23(18)19/h2-11,13-14,27H,12H2,1H3,(H,25,29)(H,26,28). The van der Waals surface area contributed by atoms with Crippen LogP contribution in [0.2, 0.25) is 0 Å². The molecular formula is C24H20N2O3. The lowest BCUT2D eigenvalue weighted by Crippen LogP contribution is -2.15. The largest absolute Gasteiger partial charge is 0.507 e. The molecule has 0 saturated carbocycles. The normalized spacial score (nSPS) is 10.8. The first-order chi connectivity index (χ1) is 14.0. The van der Waals surface area contributed by atoms with Crippen molar-refractivity contribution < 1.29 is 9.90 Å². The van der Waals surface area contributed by atoms with Crippen LogP contribution in [-0.4, -0.2) is 16.0 Å². The molecular weight excluding hydrogens is 364 g/mol. The molecule has 0 saturated heterocycles. The van der Waals surface area contributed by atoms with Crippen LogP contribution in [0.15, 0.2) is 77.7 Å². The summed E-state index contributed by atoms with van der Waals surface area (Å²) in [5.74, 6) is -0.0653. The highest BCUT2D eigenvalue weighted by atomic mass is 16.3. The Hall–Kier alpha value is -3.86. The Morgan fingerprint density at radius 3 is 2.62 bits per heavy atom. The second-order valence-electron chi connectivity index (χ2n) is 6.97. The molecule has 0 spiro atoms. The fourth-order valence-electron chi connectivity index (χ4n) is 3.43. The number of amides is 1. The van der Waals surface area contributed by atoms with Gasteiger partial charge in [-0.3, -0.25) is 9.59 Å². The van der Waals surface area contributed by atoms with E-state index in [2.05, 4.69) is 10.3 Å². The van der Waals surface area contributed by atoms with E-state index in [4.69, 9.17) is 0 Å². The zero-order valence-corrected chi connectivity index (χ0v) is 15.9. The van der Waals surface area contributed by atoms with Crippen LogP contribution in [0.3, 0.4) is 0 Å². The van der Waals surface area contributed by atoms with Gasteiger partial charge in [-0.05, 0) is 41.8 Å². The van der Waals surface area contributed by atoms with Crippen molar-refractivity contribution >= 4 is 22.4 Å². The number of hydrogen-bond acceptors (Lipinski definition) is 3. The summed E-state index contributed by atoms with van der Waals surface area (Å²) in [5, 5.41) is 14.2. The van der Waals surface area contributed by atoms with Gasteiger partial charge in [-0.25, -0.2) is 0 Å². The quantitative estimate of drug-likeness (QED) is 0.488. The Labute approximate surface area is 167 Å². The van der Waals surface area contributed by atoms with Crippen molar-refractivity contribution in [3.63, 3.8) is 0 Å². The molecule has 0 unspecified atom stereocenters. The third-order valence-electron chi connectivity index (χ3n) is 4.93. The maximum absolute atomic E-state index is 12.5. The van der Waals surface area contributed by atoms with Crippen molar-refractivity contribution in [3.05, 3.63) is 94.4 Å². The minimum absolute atomic E-state index is 0.0406. The summed E-state index contributed by atoms with van der Waals surface area (Å²) in [4.78, 5) is 27.3. The number of rotatable bonds is 4. The van der Waals surface area contributed by atoms with Crippen molar-refractivity contribution in [2.75, 3.05) is 5.32 Å². The van der Waals surface area contributed by atoms with E-state index in [0.717, 1.165) is 16.7 Å². The number of fused-ring (bicyclic) bond motifs is 1. The number of nitrogens with one attached hydrogen (secondary N) is 2. The van der Waals surface area contributed by atoms with Gasteiger partial charge in [0, 0.05) is 22.8 Å². The fourth-order valence-corrected chi connectivity index (χ4v) is 3.43. The molecule has 4 aromatic rings. The average Bonchev–Trinajstić information content (AvgIpc) is 2.71. The number of carbonyl (C=O) groups is 1. The molecule has 0 atom stereocenters. The number of phenolic OH excluding ortho intramolecular Hbond substituents is 1. The van der Waals surface area contributed by atoms with Crippen LogP contribution in [0.1, 0.15) is 11.1 Å². The summed E-state index contributed by atoms with van der Waals surface area (Å²) < 4.78 is 0. The molecule has 0 fully saturated rings. The van der Waals surface area contributed by atoms with E-state index in [1.165, 1.54) is 0 Å². The Balaban J connectivity index is 1.71. The van der Waals surface area contributed by atoms with Gasteiger partial charge in [0.05, 0.1) is 11.8 Å². The third kappa shape index (κ3) is 3.75. The predicted molar refractivity (Wildman–Crippen MR) is 115 cm³/mol. The maximum atomic E-state index is 12.5. The van der Waals surface area contributed by atoms with Crippen molar-refractivity contribution in [1.29, 1.82) is 0 Å². The van der Waals surface area contributed by atoms with Crippen LogP contribution >= 0.6 is 0 Å². The topological polar surface area (TPSA) is 82.2 Å². The number of anilines is 1. The third-order valence-corrected chi connectivity index (χ3v) is 4.93. The second kappa shape index (κ2) is 7.64. The number of benzene rings is 3. The zero-order valence-electron chi connectivity index (χ0n) is 15.9. The molecule has 5 heteroatoms. The van der Waals surface area contributed by atoms with Crippen LogP contribution in [0, 0.1) is 6.92 Å². The smallest absolute Gasteiger partial charge is 0.255 e. The van der Waals surface area contributed by atoms with Gasteiger partial charge in [-0.1, -0.05) is 48.5 Å². The Morgan fingerprint density at radius 2 is 1.83 bits per heavy atom. The Bertz CT molecular complexity index is 1260. The zero-order chi connectivity index (χ0) is 20.4. The summed E-state index contributed by atoms with van der Waals surface area (Å²) in [7, 11) is 0. The van der Waals surface area contributed by atoms with E-state index < -0.39 is 0 Å². The number of aromatic hydroxyl groups is 1. The maximum Gasteiger partial charge on any atom is 0.255 e. The highest BCUT2D eigenvalue weighted by molar-refractivity contribution is 6.01. The van der Waals surface area contributed by atoms with Gasteiger partial charge in [0.25, 0.3) is 5.56 Å². The molecule has 144 valence electrons. The number of carbonyl (C=O) groups excluding carboxylic acids is 1. The molecule has 5 nitrogen and oxygen atoms in total. The molecule has 1 heterocycles. The minimum Gasteiger partial charge on any atom is -0.507 e. The Morgan fingerprint density at radius 1 is 1.03 bits per heavy atom. The first-order valence-corrected chi connectivity index (χ1v) is 9.31. The van der Waals surface area contributed by atoms with E-state index in [1.807, 2.05) is 55.5 Å². The SMILES string of the molecule is Cc1ccc(-c2c[nH]c(=O)c3cccc(O)c23)cc1NC(=O)Cc1ccccc1. The molecule has 0 aliphatic heterocycles. The van der Waals surface area contributed by atoms with Crippen molar-refractivity contribution in [2.45, 2.75) is 13.3 Å². The van der Waals surface area contributed by atoms with Crippen molar-refractivity contribution in [2.24, 2.45) is 0 Å². The lowest BCUT2D eigenvalue weighted by Gasteiger charge is -2.13. The number of phenols is 1. The number of hydrogen-bond donors (Lipinski definition) is 3. The number of aromatic nitrogens is 1. The molecule has 3 N–H and O–H groups in total. The van der Waals surface area contributed by atoms with Gasteiger partial charge in [-0.15, -0.1) is 0 Å².